The molecule has 0 aliphatic carbocycles. The van der Waals surface area contributed by atoms with Gasteiger partial charge in [-0.1, -0.05) is 0 Å². The predicted molar refractivity (Wildman–Crippen MR) is 62.1 cm³/mol. The molecule has 0 rings (SSSR count). The summed E-state index contributed by atoms with van der Waals surface area (Å²) in [5.74, 6) is -0.440. The summed E-state index contributed by atoms with van der Waals surface area (Å²) in [6, 6.07) is 1.79. The lowest BCUT2D eigenvalue weighted by molar-refractivity contribution is -0.126. The van der Waals surface area contributed by atoms with Gasteiger partial charge in [0.15, 0.2) is 0 Å². The largest absolute Gasteiger partial charge is 0.444 e. The second-order valence-corrected chi connectivity index (χ2v) is 5.09. The van der Waals surface area contributed by atoms with Crippen LogP contribution in [0.5, 0.6) is 0 Å². The van der Waals surface area contributed by atoms with Gasteiger partial charge in [0, 0.05) is 0 Å². The third kappa shape index (κ3) is 6.40. The Morgan fingerprint density at radius 2 is 1.76 bits per heavy atom. The van der Waals surface area contributed by atoms with Crippen LogP contribution in [-0.2, 0) is 9.53 Å². The normalized spacial score (nSPS) is 11.3. The molecule has 0 aromatic carbocycles. The number of ether oxygens (including phenoxy) is 1. The fourth-order valence-electron chi connectivity index (χ4n) is 0.956. The molecule has 0 aliphatic rings. The molecule has 0 atom stereocenters. The zero-order valence-electron chi connectivity index (χ0n) is 10.9. The highest BCUT2D eigenvalue weighted by Crippen LogP contribution is 2.09. The van der Waals surface area contributed by atoms with Crippen LogP contribution >= 0.6 is 0 Å². The first-order valence-electron chi connectivity index (χ1n) is 5.25. The SMILES string of the molecule is CC(C)(C)OC(=O)NC(C)(C)C(=O)NCC#N. The molecule has 6 nitrogen and oxygen atoms in total. The number of hydrogen-bond donors (Lipinski definition) is 2. The molecule has 0 fully saturated rings. The lowest BCUT2D eigenvalue weighted by Gasteiger charge is -2.27. The van der Waals surface area contributed by atoms with Crippen LogP contribution in [0.1, 0.15) is 34.6 Å². The van der Waals surface area contributed by atoms with E-state index >= 15 is 0 Å². The van der Waals surface area contributed by atoms with Gasteiger partial charge in [0.05, 0.1) is 6.07 Å². The molecule has 0 aromatic heterocycles. The third-order valence-electron chi connectivity index (χ3n) is 1.71. The van der Waals surface area contributed by atoms with Crippen molar-refractivity contribution in [1.82, 2.24) is 10.6 Å². The van der Waals surface area contributed by atoms with Crippen LogP contribution in [-0.4, -0.2) is 29.7 Å². The van der Waals surface area contributed by atoms with Crippen molar-refractivity contribution in [2.75, 3.05) is 6.54 Å². The highest BCUT2D eigenvalue weighted by Gasteiger charge is 2.31. The summed E-state index contributed by atoms with van der Waals surface area (Å²) >= 11 is 0. The Kier molecular flexibility index (Phi) is 4.95. The highest BCUT2D eigenvalue weighted by molar-refractivity contribution is 5.89. The van der Waals surface area contributed by atoms with E-state index in [0.717, 1.165) is 0 Å². The number of carbonyl (C=O) groups excluding carboxylic acids is 2. The Morgan fingerprint density at radius 1 is 1.24 bits per heavy atom. The zero-order chi connectivity index (χ0) is 13.7. The maximum Gasteiger partial charge on any atom is 0.408 e. The van der Waals surface area contributed by atoms with E-state index in [1.807, 2.05) is 0 Å². The Hall–Kier alpha value is -1.77. The summed E-state index contributed by atoms with van der Waals surface area (Å²) in [6.07, 6.45) is -0.672. The predicted octanol–water partition coefficient (Wildman–Crippen LogP) is 0.929. The minimum Gasteiger partial charge on any atom is -0.444 e. The van der Waals surface area contributed by atoms with E-state index in [-0.39, 0.29) is 6.54 Å². The topological polar surface area (TPSA) is 91.2 Å². The zero-order valence-corrected chi connectivity index (χ0v) is 10.9. The number of nitrogens with zero attached hydrogens (tertiary/aromatic N) is 1. The van der Waals surface area contributed by atoms with E-state index in [1.165, 1.54) is 13.8 Å². The second kappa shape index (κ2) is 5.53. The molecule has 0 saturated heterocycles. The number of alkyl carbamates (subject to hydrolysis) is 1. The minimum absolute atomic E-state index is 0.0989. The van der Waals surface area contributed by atoms with Gasteiger partial charge in [-0.3, -0.25) is 4.79 Å². The molecule has 0 spiro atoms. The van der Waals surface area contributed by atoms with Crippen molar-refractivity contribution >= 4 is 12.0 Å². The van der Waals surface area contributed by atoms with Gasteiger partial charge >= 0.3 is 6.09 Å². The molecule has 0 aliphatic heterocycles. The molecule has 0 aromatic rings. The van der Waals surface area contributed by atoms with Gasteiger partial charge < -0.3 is 15.4 Å². The monoisotopic (exact) mass is 241 g/mol. The summed E-state index contributed by atoms with van der Waals surface area (Å²) in [6.45, 7) is 8.16. The Labute approximate surface area is 101 Å². The summed E-state index contributed by atoms with van der Waals surface area (Å²) in [5.41, 5.74) is -1.75. The van der Waals surface area contributed by atoms with Crippen LogP contribution in [0.3, 0.4) is 0 Å². The number of rotatable bonds is 3. The van der Waals surface area contributed by atoms with Crippen LogP contribution in [0.2, 0.25) is 0 Å². The number of carbonyl (C=O) groups is 2. The Balaban J connectivity index is 4.40. The lowest BCUT2D eigenvalue weighted by Crippen LogP contribution is -2.55. The van der Waals surface area contributed by atoms with Gasteiger partial charge in [-0.15, -0.1) is 0 Å². The van der Waals surface area contributed by atoms with E-state index in [4.69, 9.17) is 10.00 Å². The molecular weight excluding hydrogens is 222 g/mol. The maximum atomic E-state index is 11.6. The molecule has 6 heteroatoms. The number of amides is 2. The average Bonchev–Trinajstić information content (AvgIpc) is 2.09. The van der Waals surface area contributed by atoms with E-state index in [2.05, 4.69) is 10.6 Å². The quantitative estimate of drug-likeness (QED) is 0.719. The highest BCUT2D eigenvalue weighted by atomic mass is 16.6. The Morgan fingerprint density at radius 3 is 2.18 bits per heavy atom. The van der Waals surface area contributed by atoms with Gasteiger partial charge in [0.2, 0.25) is 5.91 Å². The molecular formula is C11H19N3O3. The van der Waals surface area contributed by atoms with Gasteiger partial charge in [0.25, 0.3) is 0 Å². The van der Waals surface area contributed by atoms with Crippen molar-refractivity contribution in [1.29, 1.82) is 5.26 Å². The number of nitriles is 1. The molecule has 17 heavy (non-hydrogen) atoms. The van der Waals surface area contributed by atoms with Gasteiger partial charge in [-0.2, -0.15) is 5.26 Å². The molecule has 96 valence electrons. The van der Waals surface area contributed by atoms with E-state index in [0.29, 0.717) is 0 Å². The smallest absolute Gasteiger partial charge is 0.408 e. The van der Waals surface area contributed by atoms with Crippen molar-refractivity contribution in [2.45, 2.75) is 45.8 Å². The van der Waals surface area contributed by atoms with Crippen LogP contribution in [0, 0.1) is 11.3 Å². The Bertz CT molecular complexity index is 337. The average molecular weight is 241 g/mol. The molecule has 0 unspecified atom stereocenters. The van der Waals surface area contributed by atoms with Crippen LogP contribution in [0.25, 0.3) is 0 Å². The van der Waals surface area contributed by atoms with E-state index in [9.17, 15) is 9.59 Å². The third-order valence-corrected chi connectivity index (χ3v) is 1.71. The van der Waals surface area contributed by atoms with Crippen molar-refractivity contribution < 1.29 is 14.3 Å². The lowest BCUT2D eigenvalue weighted by atomic mass is 10.1. The summed E-state index contributed by atoms with van der Waals surface area (Å²) in [4.78, 5) is 23.1. The first-order chi connectivity index (χ1) is 7.58. The van der Waals surface area contributed by atoms with Crippen LogP contribution in [0.15, 0.2) is 0 Å². The standard InChI is InChI=1S/C11H19N3O3/c1-10(2,3)17-9(16)14-11(4,5)8(15)13-7-6-12/h7H2,1-5H3,(H,13,15)(H,14,16). The summed E-state index contributed by atoms with van der Waals surface area (Å²) in [7, 11) is 0. The van der Waals surface area contributed by atoms with E-state index < -0.39 is 23.1 Å². The van der Waals surface area contributed by atoms with E-state index in [1.54, 1.807) is 26.8 Å². The van der Waals surface area contributed by atoms with Crippen molar-refractivity contribution in [3.05, 3.63) is 0 Å². The second-order valence-electron chi connectivity index (χ2n) is 5.09. The van der Waals surface area contributed by atoms with Crippen molar-refractivity contribution in [2.24, 2.45) is 0 Å². The molecule has 0 saturated carbocycles. The van der Waals surface area contributed by atoms with Crippen molar-refractivity contribution in [3.8, 4) is 6.07 Å². The minimum atomic E-state index is -1.13. The van der Waals surface area contributed by atoms with Crippen LogP contribution in [0.4, 0.5) is 4.79 Å². The fourth-order valence-corrected chi connectivity index (χ4v) is 0.956. The van der Waals surface area contributed by atoms with Gasteiger partial charge in [-0.25, -0.2) is 4.79 Å². The molecule has 0 bridgehead atoms. The molecule has 2 amide bonds. The number of nitrogens with one attached hydrogen (secondary N) is 2. The van der Waals surface area contributed by atoms with Gasteiger partial charge in [-0.05, 0) is 34.6 Å². The van der Waals surface area contributed by atoms with Crippen LogP contribution < -0.4 is 10.6 Å². The summed E-state index contributed by atoms with van der Waals surface area (Å²) < 4.78 is 5.03. The molecule has 2 N–H and O–H groups in total. The first-order valence-corrected chi connectivity index (χ1v) is 5.25. The fraction of sp³-hybridized carbons (Fsp3) is 0.727. The first kappa shape index (κ1) is 15.2. The maximum absolute atomic E-state index is 11.6. The summed E-state index contributed by atoms with van der Waals surface area (Å²) in [5, 5.41) is 13.1. The molecule has 0 heterocycles. The van der Waals surface area contributed by atoms with Gasteiger partial charge in [0.1, 0.15) is 17.7 Å². The molecule has 0 radical (unpaired) electrons. The number of hydrogen-bond acceptors (Lipinski definition) is 4. The van der Waals surface area contributed by atoms with Crippen molar-refractivity contribution in [3.63, 3.8) is 0 Å².